The van der Waals surface area contributed by atoms with Crippen LogP contribution in [-0.4, -0.2) is 4.98 Å². The lowest BCUT2D eigenvalue weighted by atomic mass is 9.82. The van der Waals surface area contributed by atoms with Crippen LogP contribution in [0.1, 0.15) is 11.1 Å². The van der Waals surface area contributed by atoms with Crippen LogP contribution in [0.5, 0.6) is 0 Å². The molecule has 0 radical (unpaired) electrons. The summed E-state index contributed by atoms with van der Waals surface area (Å²) >= 11 is 6.28. The minimum atomic E-state index is 0.777. The molecule has 0 atom stereocenters. The predicted molar refractivity (Wildman–Crippen MR) is 107 cm³/mol. The van der Waals surface area contributed by atoms with Crippen molar-refractivity contribution in [3.8, 4) is 11.1 Å². The van der Waals surface area contributed by atoms with Gasteiger partial charge in [-0.05, 0) is 63.7 Å². The highest BCUT2D eigenvalue weighted by Crippen LogP contribution is 2.43. The van der Waals surface area contributed by atoms with E-state index < -0.39 is 0 Å². The van der Waals surface area contributed by atoms with Crippen LogP contribution in [0.3, 0.4) is 0 Å². The molecular weight excluding hydrogens is 326 g/mol. The molecule has 0 spiro atoms. The highest BCUT2D eigenvalue weighted by Gasteiger charge is 2.20. The van der Waals surface area contributed by atoms with Gasteiger partial charge in [0.2, 0.25) is 0 Å². The molecular formula is C23H14ClN. The summed E-state index contributed by atoms with van der Waals surface area (Å²) in [5, 5.41) is 5.95. The van der Waals surface area contributed by atoms with Crippen molar-refractivity contribution in [1.82, 2.24) is 4.98 Å². The third-order valence-corrected chi connectivity index (χ3v) is 5.69. The fourth-order valence-electron chi connectivity index (χ4n) is 4.44. The van der Waals surface area contributed by atoms with Gasteiger partial charge in [-0.2, -0.15) is 0 Å². The average Bonchev–Trinajstić information content (AvgIpc) is 2.99. The maximum atomic E-state index is 6.28. The molecule has 0 fully saturated rings. The maximum Gasteiger partial charge on any atom is 0.0474 e. The van der Waals surface area contributed by atoms with E-state index in [1.54, 1.807) is 0 Å². The lowest BCUT2D eigenvalue weighted by Gasteiger charge is -2.21. The standard InChI is InChI=1S/C23H14ClN/c24-15-8-9-20-19(12-15)23-18-7-3-6-17-16-5-2-1-4-13(16)10-14(22(17)18)11-21(23)25-20/h1-9,11-12,25H,10H2. The van der Waals surface area contributed by atoms with E-state index in [4.69, 9.17) is 11.6 Å². The van der Waals surface area contributed by atoms with E-state index in [9.17, 15) is 0 Å². The summed E-state index contributed by atoms with van der Waals surface area (Å²) in [7, 11) is 0. The second kappa shape index (κ2) is 4.65. The van der Waals surface area contributed by atoms with E-state index in [2.05, 4.69) is 65.6 Å². The lowest BCUT2D eigenvalue weighted by molar-refractivity contribution is 1.20. The van der Waals surface area contributed by atoms with Crippen molar-refractivity contribution < 1.29 is 0 Å². The van der Waals surface area contributed by atoms with Gasteiger partial charge >= 0.3 is 0 Å². The predicted octanol–water partition coefficient (Wildman–Crippen LogP) is 6.70. The molecule has 1 aliphatic rings. The highest BCUT2D eigenvalue weighted by atomic mass is 35.5. The molecule has 0 aliphatic heterocycles. The third-order valence-electron chi connectivity index (χ3n) is 5.45. The molecule has 1 heterocycles. The number of hydrogen-bond acceptors (Lipinski definition) is 0. The Labute approximate surface area is 149 Å². The topological polar surface area (TPSA) is 15.8 Å². The first-order valence-electron chi connectivity index (χ1n) is 8.53. The van der Waals surface area contributed by atoms with Gasteiger partial charge in [-0.25, -0.2) is 0 Å². The van der Waals surface area contributed by atoms with Crippen molar-refractivity contribution in [2.24, 2.45) is 0 Å². The van der Waals surface area contributed by atoms with Gasteiger partial charge in [0.1, 0.15) is 0 Å². The molecule has 2 heteroatoms. The van der Waals surface area contributed by atoms with Crippen LogP contribution in [0.15, 0.2) is 66.7 Å². The minimum Gasteiger partial charge on any atom is -0.354 e. The van der Waals surface area contributed by atoms with Gasteiger partial charge < -0.3 is 4.98 Å². The molecule has 0 saturated carbocycles. The van der Waals surface area contributed by atoms with Crippen molar-refractivity contribution in [2.75, 3.05) is 0 Å². The Morgan fingerprint density at radius 3 is 2.52 bits per heavy atom. The molecule has 25 heavy (non-hydrogen) atoms. The molecule has 1 N–H and O–H groups in total. The van der Waals surface area contributed by atoms with Crippen molar-refractivity contribution >= 4 is 44.2 Å². The maximum absolute atomic E-state index is 6.28. The first-order chi connectivity index (χ1) is 12.3. The van der Waals surface area contributed by atoms with Crippen molar-refractivity contribution in [2.45, 2.75) is 6.42 Å². The molecule has 6 rings (SSSR count). The van der Waals surface area contributed by atoms with Crippen LogP contribution in [0.2, 0.25) is 5.02 Å². The van der Waals surface area contributed by atoms with Crippen LogP contribution in [0, 0.1) is 0 Å². The van der Waals surface area contributed by atoms with E-state index in [-0.39, 0.29) is 0 Å². The summed E-state index contributed by atoms with van der Waals surface area (Å²) in [6, 6.07) is 23.8. The Bertz CT molecular complexity index is 1330. The molecule has 0 bridgehead atoms. The molecule has 118 valence electrons. The zero-order valence-electron chi connectivity index (χ0n) is 13.4. The van der Waals surface area contributed by atoms with Crippen molar-refractivity contribution in [3.63, 3.8) is 0 Å². The molecule has 0 amide bonds. The van der Waals surface area contributed by atoms with Crippen molar-refractivity contribution in [3.05, 3.63) is 82.9 Å². The lowest BCUT2D eigenvalue weighted by Crippen LogP contribution is -2.01. The molecule has 1 aliphatic carbocycles. The number of benzene rings is 4. The number of aromatic nitrogens is 1. The summed E-state index contributed by atoms with van der Waals surface area (Å²) in [5.74, 6) is 0. The first kappa shape index (κ1) is 13.5. The average molecular weight is 340 g/mol. The number of halogens is 1. The van der Waals surface area contributed by atoms with Gasteiger partial charge in [-0.3, -0.25) is 0 Å². The minimum absolute atomic E-state index is 0.777. The Morgan fingerprint density at radius 2 is 1.56 bits per heavy atom. The van der Waals surface area contributed by atoms with E-state index in [1.807, 2.05) is 6.07 Å². The summed E-state index contributed by atoms with van der Waals surface area (Å²) < 4.78 is 0. The third kappa shape index (κ3) is 1.74. The molecule has 1 aromatic heterocycles. The van der Waals surface area contributed by atoms with E-state index in [0.29, 0.717) is 0 Å². The summed E-state index contributed by atoms with van der Waals surface area (Å²) in [6.07, 6.45) is 0.982. The van der Waals surface area contributed by atoms with Gasteiger partial charge in [0.15, 0.2) is 0 Å². The van der Waals surface area contributed by atoms with Gasteiger partial charge in [-0.1, -0.05) is 54.1 Å². The van der Waals surface area contributed by atoms with E-state index in [1.165, 1.54) is 49.3 Å². The van der Waals surface area contributed by atoms with Crippen LogP contribution in [0.4, 0.5) is 0 Å². The van der Waals surface area contributed by atoms with E-state index in [0.717, 1.165) is 17.0 Å². The molecule has 0 unspecified atom stereocenters. The Hall–Kier alpha value is -2.77. The van der Waals surface area contributed by atoms with Crippen LogP contribution in [-0.2, 0) is 6.42 Å². The number of nitrogens with one attached hydrogen (secondary N) is 1. The number of aromatic amines is 1. The number of fused-ring (bicyclic) bond motifs is 6. The number of hydrogen-bond donors (Lipinski definition) is 1. The Balaban J connectivity index is 1.87. The Morgan fingerprint density at radius 1 is 0.680 bits per heavy atom. The highest BCUT2D eigenvalue weighted by molar-refractivity contribution is 6.32. The first-order valence-corrected chi connectivity index (χ1v) is 8.91. The molecule has 5 aromatic rings. The summed E-state index contributed by atoms with van der Waals surface area (Å²) in [4.78, 5) is 3.58. The van der Waals surface area contributed by atoms with Gasteiger partial charge in [0, 0.05) is 26.8 Å². The number of H-pyrrole nitrogens is 1. The number of rotatable bonds is 0. The zero-order valence-corrected chi connectivity index (χ0v) is 14.2. The van der Waals surface area contributed by atoms with Crippen LogP contribution in [0.25, 0.3) is 43.7 Å². The monoisotopic (exact) mass is 339 g/mol. The fraction of sp³-hybridized carbons (Fsp3) is 0.0435. The molecule has 0 saturated heterocycles. The summed E-state index contributed by atoms with van der Waals surface area (Å²) in [5.41, 5.74) is 7.83. The molecule has 4 aromatic carbocycles. The van der Waals surface area contributed by atoms with Crippen LogP contribution < -0.4 is 0 Å². The summed E-state index contributed by atoms with van der Waals surface area (Å²) in [6.45, 7) is 0. The largest absolute Gasteiger partial charge is 0.354 e. The fourth-order valence-corrected chi connectivity index (χ4v) is 4.61. The second-order valence-corrected chi connectivity index (χ2v) is 7.27. The van der Waals surface area contributed by atoms with E-state index >= 15 is 0 Å². The zero-order chi connectivity index (χ0) is 16.5. The normalized spacial score (nSPS) is 12.8. The molecule has 1 nitrogen and oxygen atoms in total. The second-order valence-electron chi connectivity index (χ2n) is 6.84. The SMILES string of the molecule is Clc1ccc2[nH]c3cc4c5c(cccc5c3c2c1)-c1ccccc1C4. The van der Waals surface area contributed by atoms with Gasteiger partial charge in [0.05, 0.1) is 0 Å². The Kier molecular flexibility index (Phi) is 2.51. The van der Waals surface area contributed by atoms with Gasteiger partial charge in [0.25, 0.3) is 0 Å². The van der Waals surface area contributed by atoms with Crippen molar-refractivity contribution in [1.29, 1.82) is 0 Å². The van der Waals surface area contributed by atoms with Gasteiger partial charge in [-0.15, -0.1) is 0 Å². The quantitative estimate of drug-likeness (QED) is 0.317. The van der Waals surface area contributed by atoms with Crippen LogP contribution >= 0.6 is 11.6 Å². The smallest absolute Gasteiger partial charge is 0.0474 e.